The lowest BCUT2D eigenvalue weighted by Gasteiger charge is -2.43. The molecule has 2 aliphatic carbocycles. The van der Waals surface area contributed by atoms with Gasteiger partial charge >= 0.3 is 0 Å². The second-order valence-corrected chi connectivity index (χ2v) is 7.55. The lowest BCUT2D eigenvalue weighted by Crippen LogP contribution is -2.43. The predicted octanol–water partition coefficient (Wildman–Crippen LogP) is 4.91. The van der Waals surface area contributed by atoms with Crippen LogP contribution in [-0.4, -0.2) is 7.11 Å². The minimum absolute atomic E-state index is 0.0301. The predicted molar refractivity (Wildman–Crippen MR) is 98.5 cm³/mol. The Bertz CT molecular complexity index is 724. The zero-order valence-corrected chi connectivity index (χ0v) is 14.8. The van der Waals surface area contributed by atoms with Crippen LogP contribution >= 0.6 is 0 Å². The zero-order valence-electron chi connectivity index (χ0n) is 14.8. The van der Waals surface area contributed by atoms with Gasteiger partial charge in [0.05, 0.1) is 7.11 Å². The third-order valence-electron chi connectivity index (χ3n) is 5.99. The Morgan fingerprint density at radius 2 is 2.00 bits per heavy atom. The van der Waals surface area contributed by atoms with Gasteiger partial charge in [0.1, 0.15) is 5.75 Å². The molecule has 2 aliphatic rings. The SMILES string of the molecule is COc1cc2c3c(c1)[C@@](C)(NCc1ccccc1)CC[C@@H]3CCC2. The lowest BCUT2D eigenvalue weighted by atomic mass is 9.67. The van der Waals surface area contributed by atoms with E-state index in [2.05, 4.69) is 54.7 Å². The highest BCUT2D eigenvalue weighted by atomic mass is 16.5. The number of aryl methyl sites for hydroxylation is 1. The van der Waals surface area contributed by atoms with Crippen LogP contribution in [0, 0.1) is 0 Å². The third-order valence-corrected chi connectivity index (χ3v) is 5.99. The van der Waals surface area contributed by atoms with E-state index >= 15 is 0 Å². The summed E-state index contributed by atoms with van der Waals surface area (Å²) in [5.41, 5.74) is 5.99. The highest BCUT2D eigenvalue weighted by Crippen LogP contribution is 2.48. The molecule has 0 spiro atoms. The van der Waals surface area contributed by atoms with Gasteiger partial charge in [0.15, 0.2) is 0 Å². The Morgan fingerprint density at radius 3 is 2.79 bits per heavy atom. The summed E-state index contributed by atoms with van der Waals surface area (Å²) < 4.78 is 5.61. The molecule has 2 atom stereocenters. The van der Waals surface area contributed by atoms with E-state index in [0.717, 1.165) is 18.2 Å². The molecule has 2 nitrogen and oxygen atoms in total. The largest absolute Gasteiger partial charge is 0.497 e. The average Bonchev–Trinajstić information content (AvgIpc) is 2.64. The topological polar surface area (TPSA) is 21.3 Å². The smallest absolute Gasteiger partial charge is 0.119 e. The first kappa shape index (κ1) is 15.7. The first-order valence-electron chi connectivity index (χ1n) is 9.20. The van der Waals surface area contributed by atoms with Gasteiger partial charge in [-0.05, 0) is 79.3 Å². The molecule has 0 radical (unpaired) electrons. The second-order valence-electron chi connectivity index (χ2n) is 7.55. The molecule has 0 amide bonds. The van der Waals surface area contributed by atoms with Crippen molar-refractivity contribution >= 4 is 0 Å². The maximum atomic E-state index is 5.61. The van der Waals surface area contributed by atoms with Gasteiger partial charge in [0.25, 0.3) is 0 Å². The van der Waals surface area contributed by atoms with Crippen molar-refractivity contribution in [1.82, 2.24) is 5.32 Å². The summed E-state index contributed by atoms with van der Waals surface area (Å²) in [7, 11) is 1.78. The molecule has 0 saturated heterocycles. The number of nitrogens with one attached hydrogen (secondary N) is 1. The molecule has 0 fully saturated rings. The van der Waals surface area contributed by atoms with Gasteiger partial charge in [-0.1, -0.05) is 30.3 Å². The molecule has 0 heterocycles. The van der Waals surface area contributed by atoms with Crippen molar-refractivity contribution in [3.63, 3.8) is 0 Å². The molecular formula is C22H27NO. The molecule has 4 rings (SSSR count). The maximum Gasteiger partial charge on any atom is 0.119 e. The zero-order chi connectivity index (χ0) is 16.6. The highest BCUT2D eigenvalue weighted by molar-refractivity contribution is 5.50. The van der Waals surface area contributed by atoms with E-state index in [1.165, 1.54) is 48.8 Å². The molecule has 0 bridgehead atoms. The fraction of sp³-hybridized carbons (Fsp3) is 0.455. The molecule has 2 aromatic rings. The molecule has 0 unspecified atom stereocenters. The number of benzene rings is 2. The van der Waals surface area contributed by atoms with Crippen LogP contribution in [0.5, 0.6) is 5.75 Å². The van der Waals surface area contributed by atoms with Crippen molar-refractivity contribution in [2.75, 3.05) is 7.11 Å². The Balaban J connectivity index is 1.70. The summed E-state index contributed by atoms with van der Waals surface area (Å²) in [6.45, 7) is 3.28. The van der Waals surface area contributed by atoms with Crippen LogP contribution in [0.2, 0.25) is 0 Å². The number of ether oxygens (including phenoxy) is 1. The van der Waals surface area contributed by atoms with Gasteiger partial charge < -0.3 is 10.1 Å². The Labute approximate surface area is 145 Å². The first-order chi connectivity index (χ1) is 11.7. The molecule has 1 N–H and O–H groups in total. The molecule has 0 aliphatic heterocycles. The minimum Gasteiger partial charge on any atom is -0.497 e. The molecular weight excluding hydrogens is 294 g/mol. The average molecular weight is 321 g/mol. The van der Waals surface area contributed by atoms with Gasteiger partial charge in [0.2, 0.25) is 0 Å². The maximum absolute atomic E-state index is 5.61. The Kier molecular flexibility index (Phi) is 4.09. The molecule has 0 saturated carbocycles. The third kappa shape index (κ3) is 2.73. The van der Waals surface area contributed by atoms with Gasteiger partial charge in [-0.2, -0.15) is 0 Å². The quantitative estimate of drug-likeness (QED) is 0.863. The van der Waals surface area contributed by atoms with Crippen molar-refractivity contribution in [3.05, 3.63) is 64.7 Å². The molecule has 0 aromatic heterocycles. The van der Waals surface area contributed by atoms with E-state index in [9.17, 15) is 0 Å². The summed E-state index contributed by atoms with van der Waals surface area (Å²) in [6.07, 6.45) is 6.36. The van der Waals surface area contributed by atoms with Crippen molar-refractivity contribution < 1.29 is 4.74 Å². The van der Waals surface area contributed by atoms with Gasteiger partial charge in [-0.25, -0.2) is 0 Å². The summed E-state index contributed by atoms with van der Waals surface area (Å²) in [5.74, 6) is 1.76. The lowest BCUT2D eigenvalue weighted by molar-refractivity contribution is 0.279. The minimum atomic E-state index is 0.0301. The normalized spacial score (nSPS) is 25.2. The summed E-state index contributed by atoms with van der Waals surface area (Å²) in [4.78, 5) is 0. The van der Waals surface area contributed by atoms with Gasteiger partial charge in [0, 0.05) is 12.1 Å². The van der Waals surface area contributed by atoms with Crippen LogP contribution in [0.4, 0.5) is 0 Å². The van der Waals surface area contributed by atoms with Crippen molar-refractivity contribution in [3.8, 4) is 5.75 Å². The Morgan fingerprint density at radius 1 is 1.17 bits per heavy atom. The van der Waals surface area contributed by atoms with Crippen LogP contribution in [0.1, 0.15) is 60.8 Å². The number of methoxy groups -OCH3 is 1. The molecule has 2 heteroatoms. The van der Waals surface area contributed by atoms with Crippen LogP contribution in [0.3, 0.4) is 0 Å². The summed E-state index contributed by atoms with van der Waals surface area (Å²) >= 11 is 0. The van der Waals surface area contributed by atoms with E-state index in [-0.39, 0.29) is 5.54 Å². The molecule has 2 aromatic carbocycles. The van der Waals surface area contributed by atoms with E-state index in [1.807, 2.05) is 0 Å². The standard InChI is InChI=1S/C22H27NO/c1-22(23-15-16-7-4-3-5-8-16)12-11-17-9-6-10-18-13-19(24-2)14-20(22)21(17)18/h3-5,7-8,13-14,17,23H,6,9-12,15H2,1-2H3/t17-,22-/m0/s1. The van der Waals surface area contributed by atoms with Gasteiger partial charge in [-0.15, -0.1) is 0 Å². The summed E-state index contributed by atoms with van der Waals surface area (Å²) in [5, 5.41) is 3.86. The van der Waals surface area contributed by atoms with E-state index in [1.54, 1.807) is 12.7 Å². The number of hydrogen-bond donors (Lipinski definition) is 1. The molecule has 24 heavy (non-hydrogen) atoms. The van der Waals surface area contributed by atoms with Crippen LogP contribution in [0.15, 0.2) is 42.5 Å². The van der Waals surface area contributed by atoms with Crippen LogP contribution in [-0.2, 0) is 18.5 Å². The van der Waals surface area contributed by atoms with Crippen molar-refractivity contribution in [2.24, 2.45) is 0 Å². The molecule has 126 valence electrons. The van der Waals surface area contributed by atoms with E-state index in [4.69, 9.17) is 4.74 Å². The van der Waals surface area contributed by atoms with E-state index < -0.39 is 0 Å². The van der Waals surface area contributed by atoms with Crippen molar-refractivity contribution in [1.29, 1.82) is 0 Å². The first-order valence-corrected chi connectivity index (χ1v) is 9.20. The highest BCUT2D eigenvalue weighted by Gasteiger charge is 2.38. The Hall–Kier alpha value is -1.80. The van der Waals surface area contributed by atoms with E-state index in [0.29, 0.717) is 0 Å². The fourth-order valence-corrected chi connectivity index (χ4v) is 4.59. The monoisotopic (exact) mass is 321 g/mol. The van der Waals surface area contributed by atoms with Crippen LogP contribution in [0.25, 0.3) is 0 Å². The van der Waals surface area contributed by atoms with Gasteiger partial charge in [-0.3, -0.25) is 0 Å². The number of rotatable bonds is 4. The van der Waals surface area contributed by atoms with Crippen molar-refractivity contribution in [2.45, 2.75) is 57.0 Å². The van der Waals surface area contributed by atoms with Crippen LogP contribution < -0.4 is 10.1 Å². The second kappa shape index (κ2) is 6.25. The summed E-state index contributed by atoms with van der Waals surface area (Å²) in [6, 6.07) is 15.3. The fourth-order valence-electron chi connectivity index (χ4n) is 4.59. The number of hydrogen-bond acceptors (Lipinski definition) is 2.